The number of phenolic OH excluding ortho intramolecular Hbond substituents is 1. The number of hydrogen-bond acceptors (Lipinski definition) is 4. The predicted octanol–water partition coefficient (Wildman–Crippen LogP) is 2.10. The van der Waals surface area contributed by atoms with E-state index < -0.39 is 5.41 Å². The van der Waals surface area contributed by atoms with Gasteiger partial charge in [0.25, 0.3) is 0 Å². The van der Waals surface area contributed by atoms with Crippen molar-refractivity contribution in [1.29, 1.82) is 0 Å². The van der Waals surface area contributed by atoms with Crippen LogP contribution in [-0.2, 0) is 6.42 Å². The lowest BCUT2D eigenvalue weighted by Crippen LogP contribution is -2.28. The number of carbonyl (C=O) groups is 1. The third kappa shape index (κ3) is 1.87. The van der Waals surface area contributed by atoms with Crippen LogP contribution in [0.3, 0.4) is 0 Å². The molecule has 0 unspecified atom stereocenters. The molecular weight excluding hydrogens is 280 g/mol. The van der Waals surface area contributed by atoms with Gasteiger partial charge in [-0.15, -0.1) is 0 Å². The van der Waals surface area contributed by atoms with Crippen molar-refractivity contribution in [1.82, 2.24) is 0 Å². The molecule has 0 fully saturated rings. The Labute approximate surface area is 122 Å². The zero-order valence-electron chi connectivity index (χ0n) is 11.5. The van der Waals surface area contributed by atoms with Crippen molar-refractivity contribution >= 4 is 23.0 Å². The van der Waals surface area contributed by atoms with Crippen LogP contribution in [0.15, 0.2) is 6.58 Å². The van der Waals surface area contributed by atoms with Crippen molar-refractivity contribution in [3.8, 4) is 5.75 Å². The maximum Gasteiger partial charge on any atom is 0.171 e. The largest absolute Gasteiger partial charge is 0.506 e. The second kappa shape index (κ2) is 4.88. The van der Waals surface area contributed by atoms with Gasteiger partial charge in [0.1, 0.15) is 5.75 Å². The summed E-state index contributed by atoms with van der Waals surface area (Å²) in [5.41, 5.74) is 1.23. The topological polar surface area (TPSA) is 77.8 Å². The van der Waals surface area contributed by atoms with Gasteiger partial charge >= 0.3 is 0 Å². The van der Waals surface area contributed by atoms with E-state index in [1.807, 2.05) is 0 Å². The molecule has 2 rings (SSSR count). The Bertz CT molecular complexity index is 621. The predicted molar refractivity (Wildman–Crippen MR) is 77.2 cm³/mol. The third-order valence-electron chi connectivity index (χ3n) is 3.99. The highest BCUT2D eigenvalue weighted by Gasteiger charge is 2.44. The van der Waals surface area contributed by atoms with Crippen molar-refractivity contribution in [2.75, 3.05) is 13.2 Å². The van der Waals surface area contributed by atoms with E-state index in [2.05, 4.69) is 6.58 Å². The van der Waals surface area contributed by atoms with E-state index >= 15 is 0 Å². The average Bonchev–Trinajstić information content (AvgIpc) is 2.69. The van der Waals surface area contributed by atoms with E-state index in [-0.39, 0.29) is 36.2 Å². The maximum atomic E-state index is 12.5. The van der Waals surface area contributed by atoms with Crippen molar-refractivity contribution in [3.63, 3.8) is 0 Å². The number of halogens is 1. The fraction of sp³-hybridized carbons (Fsp3) is 0.400. The van der Waals surface area contributed by atoms with Crippen molar-refractivity contribution < 1.29 is 20.1 Å². The molecule has 0 saturated heterocycles. The minimum Gasteiger partial charge on any atom is -0.506 e. The van der Waals surface area contributed by atoms with Gasteiger partial charge in [-0.1, -0.05) is 18.2 Å². The van der Waals surface area contributed by atoms with Crippen LogP contribution in [0, 0.1) is 12.3 Å². The monoisotopic (exact) mass is 296 g/mol. The molecule has 0 saturated carbocycles. The number of fused-ring (bicyclic) bond motifs is 1. The highest BCUT2D eigenvalue weighted by molar-refractivity contribution is 6.34. The van der Waals surface area contributed by atoms with Crippen molar-refractivity contribution in [2.24, 2.45) is 5.41 Å². The lowest BCUT2D eigenvalue weighted by atomic mass is 9.86. The van der Waals surface area contributed by atoms with Gasteiger partial charge in [0, 0.05) is 11.1 Å². The van der Waals surface area contributed by atoms with Crippen molar-refractivity contribution in [3.05, 3.63) is 33.9 Å². The number of phenols is 1. The molecule has 1 aliphatic carbocycles. The highest BCUT2D eigenvalue weighted by atomic mass is 35.5. The third-order valence-corrected chi connectivity index (χ3v) is 4.45. The van der Waals surface area contributed by atoms with Crippen LogP contribution in [0.5, 0.6) is 5.75 Å². The van der Waals surface area contributed by atoms with Crippen LogP contribution in [0.4, 0.5) is 0 Å². The van der Waals surface area contributed by atoms with Crippen LogP contribution in [-0.4, -0.2) is 34.3 Å². The van der Waals surface area contributed by atoms with Crippen LogP contribution in [0.2, 0.25) is 5.02 Å². The molecule has 1 aromatic rings. The molecule has 0 bridgehead atoms. The first kappa shape index (κ1) is 15.0. The highest BCUT2D eigenvalue weighted by Crippen LogP contribution is 2.47. The van der Waals surface area contributed by atoms with E-state index in [1.54, 1.807) is 13.8 Å². The zero-order valence-corrected chi connectivity index (χ0v) is 12.2. The molecule has 0 aromatic heterocycles. The summed E-state index contributed by atoms with van der Waals surface area (Å²) in [5, 5.41) is 29.0. The molecule has 1 atom stereocenters. The Balaban J connectivity index is 2.82. The van der Waals surface area contributed by atoms with Gasteiger partial charge in [-0.2, -0.15) is 0 Å². The maximum absolute atomic E-state index is 12.5. The Morgan fingerprint density at radius 1 is 1.45 bits per heavy atom. The number of carbonyl (C=O) groups excluding carboxylic acids is 1. The molecule has 0 aliphatic heterocycles. The Morgan fingerprint density at radius 2 is 2.05 bits per heavy atom. The molecule has 0 amide bonds. The number of aliphatic hydroxyl groups is 2. The molecule has 5 heteroatoms. The molecule has 0 spiro atoms. The summed E-state index contributed by atoms with van der Waals surface area (Å²) in [7, 11) is 0. The fourth-order valence-corrected chi connectivity index (χ4v) is 2.92. The smallest absolute Gasteiger partial charge is 0.171 e. The Morgan fingerprint density at radius 3 is 2.55 bits per heavy atom. The van der Waals surface area contributed by atoms with Gasteiger partial charge in [-0.25, -0.2) is 0 Å². The lowest BCUT2D eigenvalue weighted by Gasteiger charge is -2.18. The minimum atomic E-state index is -0.922. The van der Waals surface area contributed by atoms with E-state index in [0.717, 1.165) is 0 Å². The van der Waals surface area contributed by atoms with E-state index in [0.29, 0.717) is 27.8 Å². The molecule has 0 heterocycles. The molecule has 108 valence electrons. The van der Waals surface area contributed by atoms with E-state index in [4.69, 9.17) is 11.6 Å². The first-order chi connectivity index (χ1) is 9.28. The second-order valence-corrected chi connectivity index (χ2v) is 5.88. The fourth-order valence-electron chi connectivity index (χ4n) is 2.74. The van der Waals surface area contributed by atoms with Crippen LogP contribution in [0.1, 0.15) is 34.0 Å². The number of ketones is 1. The molecule has 4 nitrogen and oxygen atoms in total. The number of rotatable bonds is 3. The molecule has 1 aromatic carbocycles. The Kier molecular flexibility index (Phi) is 3.67. The van der Waals surface area contributed by atoms with Crippen molar-refractivity contribution in [2.45, 2.75) is 20.3 Å². The number of aliphatic hydroxyl groups excluding tert-OH is 2. The summed E-state index contributed by atoms with van der Waals surface area (Å²) in [6.45, 7) is 6.41. The van der Waals surface area contributed by atoms with E-state index in [1.165, 1.54) is 0 Å². The Hall–Kier alpha value is -1.36. The zero-order chi connectivity index (χ0) is 15.2. The molecule has 20 heavy (non-hydrogen) atoms. The minimum absolute atomic E-state index is 0.0869. The second-order valence-electron chi connectivity index (χ2n) is 5.50. The molecular formula is C15H17ClO4. The van der Waals surface area contributed by atoms with Gasteiger partial charge in [-0.05, 0) is 37.0 Å². The van der Waals surface area contributed by atoms with Crippen LogP contribution < -0.4 is 0 Å². The normalized spacial score (nSPS) is 21.1. The molecule has 1 aliphatic rings. The van der Waals surface area contributed by atoms with Gasteiger partial charge in [0.15, 0.2) is 5.78 Å². The summed E-state index contributed by atoms with van der Waals surface area (Å²) in [5.74, 6) is -0.363. The van der Waals surface area contributed by atoms with Gasteiger partial charge in [-0.3, -0.25) is 4.79 Å². The van der Waals surface area contributed by atoms with E-state index in [9.17, 15) is 20.1 Å². The quantitative estimate of drug-likeness (QED) is 0.798. The molecule has 0 radical (unpaired) electrons. The summed E-state index contributed by atoms with van der Waals surface area (Å²) in [6.07, 6.45) is 0.289. The first-order valence-electron chi connectivity index (χ1n) is 6.27. The standard InChI is InChI=1S/C15H17ClO4/c1-7(5-17)10-9-4-15(3,6-18)14(20)11(9)8(2)12(16)13(10)19/h17-19H,1,4-6H2,2-3H3/t15-/m0/s1. The summed E-state index contributed by atoms with van der Waals surface area (Å²) >= 11 is 6.08. The van der Waals surface area contributed by atoms with Gasteiger partial charge < -0.3 is 15.3 Å². The van der Waals surface area contributed by atoms with Gasteiger partial charge in [0.2, 0.25) is 0 Å². The number of benzene rings is 1. The summed E-state index contributed by atoms with van der Waals surface area (Å²) in [6, 6.07) is 0. The first-order valence-corrected chi connectivity index (χ1v) is 6.64. The SMILES string of the molecule is C=C(CO)c1c(O)c(Cl)c(C)c2c1C[C@@](C)(CO)C2=O. The summed E-state index contributed by atoms with van der Waals surface area (Å²) < 4.78 is 0. The lowest BCUT2D eigenvalue weighted by molar-refractivity contribution is 0.0722. The summed E-state index contributed by atoms with van der Waals surface area (Å²) in [4.78, 5) is 12.5. The molecule has 3 N–H and O–H groups in total. The van der Waals surface area contributed by atoms with Gasteiger partial charge in [0.05, 0.1) is 23.7 Å². The number of Topliss-reactive ketones (excluding diaryl/α,β-unsaturated/α-hetero) is 1. The average molecular weight is 297 g/mol. The van der Waals surface area contributed by atoms with Crippen LogP contribution >= 0.6 is 11.6 Å². The van der Waals surface area contributed by atoms with Crippen LogP contribution in [0.25, 0.3) is 5.57 Å². The number of hydrogen-bond donors (Lipinski definition) is 3. The number of aromatic hydroxyl groups is 1.